The molecule has 0 saturated heterocycles. The fourth-order valence-corrected chi connectivity index (χ4v) is 2.56. The van der Waals surface area contributed by atoms with Crippen LogP contribution in [-0.2, 0) is 16.0 Å². The Morgan fingerprint density at radius 3 is 2.45 bits per heavy atom. The third-order valence-corrected chi connectivity index (χ3v) is 4.17. The van der Waals surface area contributed by atoms with Crippen molar-refractivity contribution < 1.29 is 33.8 Å². The molecule has 0 fully saturated rings. The first kappa shape index (κ1) is 23.2. The summed E-state index contributed by atoms with van der Waals surface area (Å²) in [7, 11) is 0. The highest BCUT2D eigenvalue weighted by Gasteiger charge is 2.17. The van der Waals surface area contributed by atoms with Crippen molar-refractivity contribution in [3.05, 3.63) is 65.3 Å². The van der Waals surface area contributed by atoms with Gasteiger partial charge in [0, 0.05) is 18.4 Å². The molecule has 2 aromatic rings. The number of aliphatic carboxylic acids is 2. The number of rotatable bonds is 11. The summed E-state index contributed by atoms with van der Waals surface area (Å²) in [5.74, 6) is -2.27. The van der Waals surface area contributed by atoms with E-state index in [4.69, 9.17) is 30.5 Å². The maximum absolute atomic E-state index is 12.2. The number of nitrogens with two attached hydrogens (primary N) is 1. The van der Waals surface area contributed by atoms with E-state index in [2.05, 4.69) is 5.32 Å². The van der Waals surface area contributed by atoms with Crippen molar-refractivity contribution in [2.24, 2.45) is 5.73 Å². The largest absolute Gasteiger partial charge is 0.481 e. The molecule has 2 rings (SSSR count). The van der Waals surface area contributed by atoms with E-state index in [1.165, 1.54) is 24.4 Å². The molecule has 0 bridgehead atoms. The Morgan fingerprint density at radius 2 is 1.87 bits per heavy atom. The molecule has 6 N–H and O–H groups in total. The molecule has 0 spiro atoms. The molecule has 1 aromatic carbocycles. The minimum atomic E-state index is -1.15. The summed E-state index contributed by atoms with van der Waals surface area (Å²) in [5.41, 5.74) is 6.60. The molecular formula is C21H23N3O7. The molecule has 1 aromatic heterocycles. The van der Waals surface area contributed by atoms with E-state index in [-0.39, 0.29) is 30.2 Å². The number of carbonyl (C=O) groups excluding carboxylic acids is 1. The van der Waals surface area contributed by atoms with Crippen LogP contribution in [0.5, 0.6) is 5.75 Å². The maximum atomic E-state index is 12.2. The number of esters is 1. The molecule has 0 aliphatic carbocycles. The van der Waals surface area contributed by atoms with E-state index in [0.717, 1.165) is 5.57 Å². The number of carbonyl (C=O) groups is 3. The number of carboxylic acids is 2. The van der Waals surface area contributed by atoms with Crippen LogP contribution in [0, 0.1) is 5.41 Å². The standard InChI is InChI=1S/C21H23N3O7/c1-12(11-24-16(20(27)28)7-9-18(25)26)10-15-6-8-17(30-15)21(29)31-14-4-2-13(3-5-14)19(22)23/h2-6,8,11,16,24H,7,9-10H2,1H3,(H3,22,23)(H,25,26)(H,27,28)/b12-11+/t16-/m0/s1. The van der Waals surface area contributed by atoms with Crippen LogP contribution >= 0.6 is 0 Å². The highest BCUT2D eigenvalue weighted by atomic mass is 16.5. The van der Waals surface area contributed by atoms with E-state index in [0.29, 0.717) is 17.7 Å². The van der Waals surface area contributed by atoms with Crippen LogP contribution in [0.2, 0.25) is 0 Å². The fourth-order valence-electron chi connectivity index (χ4n) is 2.56. The van der Waals surface area contributed by atoms with E-state index >= 15 is 0 Å². The van der Waals surface area contributed by atoms with Crippen LogP contribution in [0.3, 0.4) is 0 Å². The molecule has 0 amide bonds. The molecule has 1 heterocycles. The van der Waals surface area contributed by atoms with Gasteiger partial charge in [-0.05, 0) is 55.9 Å². The summed E-state index contributed by atoms with van der Waals surface area (Å²) in [4.78, 5) is 34.0. The number of furan rings is 1. The van der Waals surface area contributed by atoms with Crippen molar-refractivity contribution in [3.63, 3.8) is 0 Å². The van der Waals surface area contributed by atoms with Gasteiger partial charge in [0.05, 0.1) is 0 Å². The van der Waals surface area contributed by atoms with Gasteiger partial charge in [0.15, 0.2) is 0 Å². The van der Waals surface area contributed by atoms with Crippen LogP contribution in [0.4, 0.5) is 0 Å². The summed E-state index contributed by atoms with van der Waals surface area (Å²) in [5, 5.41) is 27.9. The Bertz CT molecular complexity index is 993. The lowest BCUT2D eigenvalue weighted by Crippen LogP contribution is -2.33. The van der Waals surface area contributed by atoms with E-state index in [1.807, 2.05) is 0 Å². The van der Waals surface area contributed by atoms with Crippen LogP contribution in [0.1, 0.15) is 41.6 Å². The predicted molar refractivity (Wildman–Crippen MR) is 110 cm³/mol. The molecule has 31 heavy (non-hydrogen) atoms. The van der Waals surface area contributed by atoms with Gasteiger partial charge < -0.3 is 30.4 Å². The lowest BCUT2D eigenvalue weighted by atomic mass is 10.1. The molecule has 0 radical (unpaired) electrons. The smallest absolute Gasteiger partial charge is 0.379 e. The van der Waals surface area contributed by atoms with Crippen LogP contribution in [0.15, 0.2) is 52.6 Å². The Balaban J connectivity index is 1.94. The normalized spacial score (nSPS) is 12.1. The van der Waals surface area contributed by atoms with Gasteiger partial charge in [0.25, 0.3) is 0 Å². The monoisotopic (exact) mass is 429 g/mol. The molecule has 0 aliphatic rings. The van der Waals surface area contributed by atoms with Crippen LogP contribution in [0.25, 0.3) is 0 Å². The molecule has 10 heteroatoms. The first-order chi connectivity index (χ1) is 14.7. The van der Waals surface area contributed by atoms with E-state index in [9.17, 15) is 14.4 Å². The Labute approximate surface area is 177 Å². The summed E-state index contributed by atoms with van der Waals surface area (Å²) < 4.78 is 10.7. The number of amidine groups is 1. The second-order valence-electron chi connectivity index (χ2n) is 6.75. The zero-order valence-electron chi connectivity index (χ0n) is 16.8. The lowest BCUT2D eigenvalue weighted by molar-refractivity contribution is -0.140. The number of nitrogen functional groups attached to an aromatic ring is 1. The van der Waals surface area contributed by atoms with Crippen molar-refractivity contribution in [1.29, 1.82) is 5.41 Å². The average Bonchev–Trinajstić information content (AvgIpc) is 3.16. The lowest BCUT2D eigenvalue weighted by Gasteiger charge is -2.12. The quantitative estimate of drug-likeness (QED) is 0.155. The highest BCUT2D eigenvalue weighted by molar-refractivity contribution is 5.95. The van der Waals surface area contributed by atoms with Gasteiger partial charge in [0.1, 0.15) is 23.4 Å². The average molecular weight is 429 g/mol. The van der Waals surface area contributed by atoms with Crippen molar-refractivity contribution in [2.75, 3.05) is 0 Å². The Kier molecular flexibility index (Phi) is 7.95. The molecule has 0 saturated carbocycles. The molecule has 0 aliphatic heterocycles. The van der Waals surface area contributed by atoms with Gasteiger partial charge >= 0.3 is 17.9 Å². The zero-order valence-corrected chi connectivity index (χ0v) is 16.8. The molecule has 0 unspecified atom stereocenters. The summed E-state index contributed by atoms with van der Waals surface area (Å²) >= 11 is 0. The molecule has 1 atom stereocenters. The number of nitrogens with one attached hydrogen (secondary N) is 2. The third-order valence-electron chi connectivity index (χ3n) is 4.17. The SMILES string of the molecule is C/C(=C\N[C@@H](CCC(=O)O)C(=O)O)Cc1ccc(C(=O)Oc2ccc(C(=N)N)cc2)o1. The van der Waals surface area contributed by atoms with Crippen LogP contribution < -0.4 is 15.8 Å². The minimum absolute atomic E-state index is 0.00345. The van der Waals surface area contributed by atoms with Crippen LogP contribution in [-0.4, -0.2) is 40.0 Å². The Hall–Kier alpha value is -4.08. The number of carboxylic acid groups (broad SMARTS) is 2. The Morgan fingerprint density at radius 1 is 1.19 bits per heavy atom. The fraction of sp³-hybridized carbons (Fsp3) is 0.238. The van der Waals surface area contributed by atoms with Crippen molar-refractivity contribution in [3.8, 4) is 5.75 Å². The zero-order chi connectivity index (χ0) is 23.0. The van der Waals surface area contributed by atoms with Crippen molar-refractivity contribution in [2.45, 2.75) is 32.2 Å². The third kappa shape index (κ3) is 7.35. The number of benzene rings is 1. The molecule has 10 nitrogen and oxygen atoms in total. The number of hydrogen-bond acceptors (Lipinski definition) is 7. The number of allylic oxidation sites excluding steroid dienone is 1. The molecular weight excluding hydrogens is 406 g/mol. The van der Waals surface area contributed by atoms with Crippen molar-refractivity contribution in [1.82, 2.24) is 5.32 Å². The van der Waals surface area contributed by atoms with Crippen molar-refractivity contribution >= 4 is 23.7 Å². The summed E-state index contributed by atoms with van der Waals surface area (Å²) in [6.45, 7) is 1.74. The highest BCUT2D eigenvalue weighted by Crippen LogP contribution is 2.17. The summed E-state index contributed by atoms with van der Waals surface area (Å²) in [6, 6.07) is 8.19. The second-order valence-corrected chi connectivity index (χ2v) is 6.75. The topological polar surface area (TPSA) is 176 Å². The van der Waals surface area contributed by atoms with E-state index < -0.39 is 23.9 Å². The number of ether oxygens (including phenoxy) is 1. The van der Waals surface area contributed by atoms with E-state index in [1.54, 1.807) is 25.1 Å². The predicted octanol–water partition coefficient (Wildman–Crippen LogP) is 2.14. The van der Waals surface area contributed by atoms with Gasteiger partial charge in [-0.15, -0.1) is 0 Å². The van der Waals surface area contributed by atoms with Gasteiger partial charge in [-0.2, -0.15) is 0 Å². The second kappa shape index (κ2) is 10.6. The number of hydrogen-bond donors (Lipinski definition) is 5. The van der Waals surface area contributed by atoms with Gasteiger partial charge in [0.2, 0.25) is 5.76 Å². The molecule has 164 valence electrons. The maximum Gasteiger partial charge on any atom is 0.379 e. The van der Waals surface area contributed by atoms with Gasteiger partial charge in [-0.1, -0.05) is 5.57 Å². The van der Waals surface area contributed by atoms with Gasteiger partial charge in [-0.3, -0.25) is 10.2 Å². The first-order valence-corrected chi connectivity index (χ1v) is 9.27. The first-order valence-electron chi connectivity index (χ1n) is 9.27. The summed E-state index contributed by atoms with van der Waals surface area (Å²) in [6.07, 6.45) is 1.47. The van der Waals surface area contributed by atoms with Gasteiger partial charge in [-0.25, -0.2) is 9.59 Å². The minimum Gasteiger partial charge on any atom is -0.481 e.